The number of hydrogen-bond acceptors (Lipinski definition) is 9. The summed E-state index contributed by atoms with van der Waals surface area (Å²) < 4.78 is 28.9. The summed E-state index contributed by atoms with van der Waals surface area (Å²) in [6.07, 6.45) is 2.88. The number of benzene rings is 1. The summed E-state index contributed by atoms with van der Waals surface area (Å²) in [6.45, 7) is 3.76. The maximum atomic E-state index is 13.0. The van der Waals surface area contributed by atoms with Crippen molar-refractivity contribution < 1.29 is 22.4 Å². The van der Waals surface area contributed by atoms with Gasteiger partial charge in [0, 0.05) is 38.1 Å². The second-order valence-electron chi connectivity index (χ2n) is 9.35. The van der Waals surface area contributed by atoms with Gasteiger partial charge in [0.05, 0.1) is 16.7 Å². The minimum Gasteiger partial charge on any atom is -0.389 e. The Kier molecular flexibility index (Phi) is 8.56. The molecule has 1 atom stereocenters. The highest BCUT2D eigenvalue weighted by Crippen LogP contribution is 2.27. The highest BCUT2D eigenvalue weighted by Gasteiger charge is 2.29. The monoisotopic (exact) mass is 522 g/mol. The number of fused-ring (bicyclic) bond motifs is 1. The molecule has 0 saturated carbocycles. The molecule has 13 heteroatoms. The van der Waals surface area contributed by atoms with Crippen LogP contribution in [-0.2, 0) is 14.6 Å². The lowest BCUT2D eigenvalue weighted by Gasteiger charge is -2.25. The normalized spacial score (nSPS) is 14.9. The number of carbonyl (C=O) groups excluding carboxylic acids is 2. The van der Waals surface area contributed by atoms with Gasteiger partial charge in [0.1, 0.15) is 15.9 Å². The first-order valence-electron chi connectivity index (χ1n) is 11.8. The Hall–Kier alpha value is -3.19. The van der Waals surface area contributed by atoms with Crippen molar-refractivity contribution >= 4 is 44.4 Å². The van der Waals surface area contributed by atoms with Crippen LogP contribution in [0.15, 0.2) is 21.3 Å². The van der Waals surface area contributed by atoms with E-state index in [1.54, 1.807) is 24.0 Å². The molecule has 2 heterocycles. The number of hydrogen-bond donors (Lipinski definition) is 2. The molecule has 1 fully saturated rings. The number of amides is 3. The van der Waals surface area contributed by atoms with E-state index >= 15 is 0 Å². The fraction of sp³-hybridized carbons (Fsp3) is 0.565. The number of nitrogens with two attached hydrogens (primary N) is 1. The minimum atomic E-state index is -3.32. The zero-order valence-electron chi connectivity index (χ0n) is 21.1. The van der Waals surface area contributed by atoms with Crippen molar-refractivity contribution in [3.05, 3.63) is 28.1 Å². The molecule has 0 radical (unpaired) electrons. The summed E-state index contributed by atoms with van der Waals surface area (Å²) in [7, 11) is 0.428. The van der Waals surface area contributed by atoms with E-state index < -0.39 is 27.5 Å². The molecule has 0 spiro atoms. The number of primary amides is 1. The molecule has 3 rings (SSSR count). The molecular weight excluding hydrogens is 488 g/mol. The van der Waals surface area contributed by atoms with Gasteiger partial charge in [0.15, 0.2) is 0 Å². The van der Waals surface area contributed by atoms with Gasteiger partial charge in [-0.25, -0.2) is 18.0 Å². The van der Waals surface area contributed by atoms with Crippen molar-refractivity contribution in [1.82, 2.24) is 14.8 Å². The van der Waals surface area contributed by atoms with Crippen molar-refractivity contribution in [2.45, 2.75) is 32.2 Å². The van der Waals surface area contributed by atoms with Crippen LogP contribution in [0.3, 0.4) is 0 Å². The summed E-state index contributed by atoms with van der Waals surface area (Å²) in [4.78, 5) is 47.4. The van der Waals surface area contributed by atoms with Gasteiger partial charge in [-0.05, 0) is 58.0 Å². The number of likely N-dealkylation sites (tertiary alicyclic amines) is 1. The third-order valence-corrected chi connectivity index (χ3v) is 7.13. The summed E-state index contributed by atoms with van der Waals surface area (Å²) in [5.41, 5.74) is 6.15. The van der Waals surface area contributed by atoms with Gasteiger partial charge in [-0.15, -0.1) is 0 Å². The first-order chi connectivity index (χ1) is 16.9. The van der Waals surface area contributed by atoms with Gasteiger partial charge in [-0.2, -0.15) is 4.98 Å². The third kappa shape index (κ3) is 6.72. The lowest BCUT2D eigenvalue weighted by molar-refractivity contribution is -0.131. The van der Waals surface area contributed by atoms with E-state index in [-0.39, 0.29) is 29.5 Å². The maximum absolute atomic E-state index is 13.0. The smallest absolute Gasteiger partial charge is 0.348 e. The number of nitrogens with one attached hydrogen (secondary N) is 1. The number of nitrogens with zero attached hydrogens (tertiary/aromatic N) is 4. The Balaban J connectivity index is 1.94. The van der Waals surface area contributed by atoms with Gasteiger partial charge >= 0.3 is 11.7 Å². The van der Waals surface area contributed by atoms with Crippen LogP contribution in [0.25, 0.3) is 10.9 Å². The molecule has 2 aromatic rings. The molecule has 3 amide bonds. The van der Waals surface area contributed by atoms with Crippen LogP contribution < -0.4 is 21.6 Å². The largest absolute Gasteiger partial charge is 0.389 e. The summed E-state index contributed by atoms with van der Waals surface area (Å²) in [6, 6.07) is 1.50. The Morgan fingerprint density at radius 3 is 2.47 bits per heavy atom. The van der Waals surface area contributed by atoms with Crippen LogP contribution in [-0.4, -0.2) is 93.5 Å². The van der Waals surface area contributed by atoms with Crippen LogP contribution in [0.4, 0.5) is 16.5 Å². The summed E-state index contributed by atoms with van der Waals surface area (Å²) >= 11 is 0. The topological polar surface area (TPSA) is 159 Å². The van der Waals surface area contributed by atoms with Crippen LogP contribution in [0.5, 0.6) is 0 Å². The molecule has 3 N–H and O–H groups in total. The number of aromatic nitrogens is 1. The lowest BCUT2D eigenvalue weighted by Crippen LogP contribution is -2.42. The highest BCUT2D eigenvalue weighted by atomic mass is 32.2. The Labute approximate surface area is 210 Å². The molecule has 36 heavy (non-hydrogen) atoms. The Morgan fingerprint density at radius 1 is 1.22 bits per heavy atom. The van der Waals surface area contributed by atoms with Crippen molar-refractivity contribution in [3.63, 3.8) is 0 Å². The van der Waals surface area contributed by atoms with Gasteiger partial charge in [-0.1, -0.05) is 0 Å². The number of likely N-dealkylation sites (N-methyl/N-ethyl adjacent to an activating group) is 1. The quantitative estimate of drug-likeness (QED) is 0.460. The number of carbonyl (C=O) groups is 2. The highest BCUT2D eigenvalue weighted by molar-refractivity contribution is 7.90. The zero-order chi connectivity index (χ0) is 26.6. The van der Waals surface area contributed by atoms with E-state index in [1.165, 1.54) is 4.90 Å². The van der Waals surface area contributed by atoms with Crippen molar-refractivity contribution in [3.8, 4) is 0 Å². The molecule has 198 valence electrons. The number of urea groups is 1. The predicted molar refractivity (Wildman–Crippen MR) is 138 cm³/mol. The fourth-order valence-electron chi connectivity index (χ4n) is 4.21. The Morgan fingerprint density at radius 2 is 1.89 bits per heavy atom. The average Bonchev–Trinajstić information content (AvgIpc) is 3.31. The van der Waals surface area contributed by atoms with E-state index in [9.17, 15) is 22.8 Å². The van der Waals surface area contributed by atoms with Gasteiger partial charge in [-0.3, -0.25) is 9.69 Å². The minimum absolute atomic E-state index is 0.00893. The molecule has 1 aliphatic rings. The first-order valence-corrected chi connectivity index (χ1v) is 13.8. The van der Waals surface area contributed by atoms with E-state index in [1.807, 2.05) is 19.0 Å². The van der Waals surface area contributed by atoms with Crippen LogP contribution >= 0.6 is 0 Å². The van der Waals surface area contributed by atoms with Crippen molar-refractivity contribution in [1.29, 1.82) is 0 Å². The Bertz CT molecular complexity index is 1290. The van der Waals surface area contributed by atoms with E-state index in [2.05, 4.69) is 10.3 Å². The molecule has 1 aliphatic heterocycles. The zero-order valence-corrected chi connectivity index (χ0v) is 21.9. The number of aryl methyl sites for hydroxylation is 1. The van der Waals surface area contributed by atoms with E-state index in [4.69, 9.17) is 10.2 Å². The molecule has 12 nitrogen and oxygen atoms in total. The molecule has 0 bridgehead atoms. The van der Waals surface area contributed by atoms with Crippen molar-refractivity contribution in [2.75, 3.05) is 62.5 Å². The van der Waals surface area contributed by atoms with Crippen LogP contribution in [0.1, 0.15) is 24.8 Å². The third-order valence-electron chi connectivity index (χ3n) is 6.15. The molecule has 0 aliphatic carbocycles. The summed E-state index contributed by atoms with van der Waals surface area (Å²) in [5.74, 6) is -0.467. The molecule has 1 aromatic heterocycles. The second kappa shape index (κ2) is 11.2. The SMILES string of the molecule is Cc1c(N(CCN(C)C)C(N)=O)ccc2nc(N[C@@H](CCS(C)(=O)=O)C(=O)N3CCCC3)oc(=O)c12. The van der Waals surface area contributed by atoms with E-state index in [0.717, 1.165) is 19.1 Å². The van der Waals surface area contributed by atoms with Crippen LogP contribution in [0.2, 0.25) is 0 Å². The van der Waals surface area contributed by atoms with Gasteiger partial charge < -0.3 is 25.3 Å². The number of sulfone groups is 1. The lowest BCUT2D eigenvalue weighted by atomic mass is 10.1. The fourth-order valence-corrected chi connectivity index (χ4v) is 4.87. The second-order valence-corrected chi connectivity index (χ2v) is 11.6. The van der Waals surface area contributed by atoms with Crippen LogP contribution in [0, 0.1) is 6.92 Å². The van der Waals surface area contributed by atoms with Crippen molar-refractivity contribution in [2.24, 2.45) is 5.73 Å². The maximum Gasteiger partial charge on any atom is 0.348 e. The predicted octanol–water partition coefficient (Wildman–Crippen LogP) is 0.781. The number of anilines is 2. The standard InChI is InChI=1S/C23H34N6O6S/c1-15-18(29(22(24)32)13-12-27(2)3)8-7-16-19(15)21(31)35-23(25-16)26-17(9-14-36(4,33)34)20(30)28-10-5-6-11-28/h7-8,17H,5-6,9-14H2,1-4H3,(H2,24,32)(H,25,26)/t17-/m0/s1. The van der Waals surface area contributed by atoms with Gasteiger partial charge in [0.25, 0.3) is 6.01 Å². The first kappa shape index (κ1) is 27.4. The van der Waals surface area contributed by atoms with E-state index in [0.29, 0.717) is 42.9 Å². The molecule has 1 aromatic carbocycles. The molecule has 0 unspecified atom stereocenters. The number of rotatable bonds is 10. The molecule has 1 saturated heterocycles. The summed E-state index contributed by atoms with van der Waals surface area (Å²) in [5, 5.41) is 3.03. The van der Waals surface area contributed by atoms with Gasteiger partial charge in [0.2, 0.25) is 5.91 Å². The average molecular weight is 523 g/mol. The molecular formula is C23H34N6O6S.